The Kier molecular flexibility index (Phi) is 4.84. The molecular weight excluding hydrogens is 342 g/mol. The molecular formula is C20H19N5S. The van der Waals surface area contributed by atoms with Gasteiger partial charge in [0, 0.05) is 23.6 Å². The Morgan fingerprint density at radius 3 is 2.62 bits per heavy atom. The van der Waals surface area contributed by atoms with E-state index >= 15 is 0 Å². The number of aryl methyl sites for hydroxylation is 1. The Morgan fingerprint density at radius 1 is 1.04 bits per heavy atom. The van der Waals surface area contributed by atoms with E-state index in [1.54, 1.807) is 11.8 Å². The van der Waals surface area contributed by atoms with Crippen LogP contribution in [0.2, 0.25) is 0 Å². The van der Waals surface area contributed by atoms with Gasteiger partial charge in [0.1, 0.15) is 5.82 Å². The predicted octanol–water partition coefficient (Wildman–Crippen LogP) is 4.51. The number of thioether (sulfide) groups is 1. The van der Waals surface area contributed by atoms with Crippen molar-refractivity contribution in [1.82, 2.24) is 24.7 Å². The van der Waals surface area contributed by atoms with Gasteiger partial charge in [-0.2, -0.15) is 0 Å². The van der Waals surface area contributed by atoms with Crippen molar-refractivity contribution in [3.8, 4) is 17.1 Å². The summed E-state index contributed by atoms with van der Waals surface area (Å²) in [4.78, 5) is 9.07. The fraction of sp³-hybridized carbons (Fsp3) is 0.150. The van der Waals surface area contributed by atoms with Crippen LogP contribution in [0.25, 0.3) is 17.1 Å². The molecule has 0 aliphatic rings. The number of rotatable bonds is 6. The molecule has 5 nitrogen and oxygen atoms in total. The second kappa shape index (κ2) is 7.58. The highest BCUT2D eigenvalue weighted by Crippen LogP contribution is 2.23. The first-order valence-corrected chi connectivity index (χ1v) is 9.54. The molecule has 0 bridgehead atoms. The van der Waals surface area contributed by atoms with E-state index in [-0.39, 0.29) is 0 Å². The van der Waals surface area contributed by atoms with Gasteiger partial charge < -0.3 is 4.57 Å². The smallest absolute Gasteiger partial charge is 0.209 e. The Balaban J connectivity index is 1.46. The van der Waals surface area contributed by atoms with Gasteiger partial charge in [0.2, 0.25) is 5.16 Å². The molecule has 130 valence electrons. The minimum absolute atomic E-state index is 0.702. The van der Waals surface area contributed by atoms with E-state index in [0.29, 0.717) is 5.75 Å². The van der Waals surface area contributed by atoms with Crippen LogP contribution >= 0.6 is 11.8 Å². The summed E-state index contributed by atoms with van der Waals surface area (Å²) in [5.74, 6) is 2.47. The molecule has 0 aliphatic carbocycles. The minimum Gasteiger partial charge on any atom is -0.303 e. The average Bonchev–Trinajstić information content (AvgIpc) is 3.36. The summed E-state index contributed by atoms with van der Waals surface area (Å²) in [7, 11) is 0. The number of hydrogen-bond acceptors (Lipinski definition) is 4. The van der Waals surface area contributed by atoms with Gasteiger partial charge in [-0.05, 0) is 24.1 Å². The highest BCUT2D eigenvalue weighted by molar-refractivity contribution is 7.98. The summed E-state index contributed by atoms with van der Waals surface area (Å²) in [6, 6.07) is 18.6. The monoisotopic (exact) mass is 361 g/mol. The highest BCUT2D eigenvalue weighted by atomic mass is 32.2. The van der Waals surface area contributed by atoms with Crippen molar-refractivity contribution in [3.63, 3.8) is 0 Å². The van der Waals surface area contributed by atoms with E-state index in [2.05, 4.69) is 68.1 Å². The van der Waals surface area contributed by atoms with E-state index < -0.39 is 0 Å². The molecule has 4 aromatic rings. The summed E-state index contributed by atoms with van der Waals surface area (Å²) in [6.45, 7) is 2.15. The second-order valence-electron chi connectivity index (χ2n) is 5.85. The first-order chi connectivity index (χ1) is 12.8. The van der Waals surface area contributed by atoms with E-state index in [1.165, 1.54) is 5.56 Å². The van der Waals surface area contributed by atoms with Crippen molar-refractivity contribution < 1.29 is 0 Å². The predicted molar refractivity (Wildman–Crippen MR) is 104 cm³/mol. The van der Waals surface area contributed by atoms with Crippen LogP contribution in [-0.4, -0.2) is 24.7 Å². The third kappa shape index (κ3) is 3.55. The molecule has 0 radical (unpaired) electrons. The van der Waals surface area contributed by atoms with Gasteiger partial charge in [0.15, 0.2) is 5.82 Å². The van der Waals surface area contributed by atoms with E-state index in [9.17, 15) is 0 Å². The highest BCUT2D eigenvalue weighted by Gasteiger charge is 2.10. The quantitative estimate of drug-likeness (QED) is 0.513. The van der Waals surface area contributed by atoms with Gasteiger partial charge >= 0.3 is 0 Å². The van der Waals surface area contributed by atoms with Gasteiger partial charge in [0.25, 0.3) is 0 Å². The van der Waals surface area contributed by atoms with Crippen LogP contribution in [0.3, 0.4) is 0 Å². The summed E-state index contributed by atoms with van der Waals surface area (Å²) < 4.78 is 2.09. The maximum Gasteiger partial charge on any atom is 0.209 e. The van der Waals surface area contributed by atoms with Crippen molar-refractivity contribution in [3.05, 3.63) is 78.4 Å². The van der Waals surface area contributed by atoms with Gasteiger partial charge in [-0.25, -0.2) is 9.97 Å². The number of aromatic nitrogens is 5. The molecule has 0 saturated carbocycles. The summed E-state index contributed by atoms with van der Waals surface area (Å²) in [6.07, 6.45) is 4.83. The molecule has 0 unspecified atom stereocenters. The number of aromatic amines is 1. The zero-order chi connectivity index (χ0) is 17.8. The number of H-pyrrole nitrogens is 1. The first kappa shape index (κ1) is 16.6. The number of imidazole rings is 1. The number of para-hydroxylation sites is 1. The molecule has 2 aromatic heterocycles. The standard InChI is InChI=1S/C20H19N5S/c1-2-15-8-10-16(11-9-15)19-22-20(24-23-19)26-14-18-21-12-13-25(18)17-6-4-3-5-7-17/h3-13H,2,14H2,1H3,(H,22,23,24). The molecule has 0 fully saturated rings. The normalized spacial score (nSPS) is 11.0. The van der Waals surface area contributed by atoms with Gasteiger partial charge in [0.05, 0.1) is 5.75 Å². The SMILES string of the molecule is CCc1ccc(-c2nc(SCc3nccn3-c3ccccc3)n[nH]2)cc1. The Bertz CT molecular complexity index is 973. The lowest BCUT2D eigenvalue weighted by molar-refractivity contribution is 0.943. The van der Waals surface area contributed by atoms with Crippen molar-refractivity contribution >= 4 is 11.8 Å². The van der Waals surface area contributed by atoms with Gasteiger partial charge in [-0.1, -0.05) is 61.2 Å². The van der Waals surface area contributed by atoms with Crippen molar-refractivity contribution in [2.24, 2.45) is 0 Å². The van der Waals surface area contributed by atoms with E-state index in [0.717, 1.165) is 34.5 Å². The molecule has 0 spiro atoms. The summed E-state index contributed by atoms with van der Waals surface area (Å²) in [5.41, 5.74) is 3.47. The fourth-order valence-electron chi connectivity index (χ4n) is 2.73. The number of benzene rings is 2. The lowest BCUT2D eigenvalue weighted by Gasteiger charge is -2.06. The van der Waals surface area contributed by atoms with Crippen LogP contribution in [0.15, 0.2) is 72.1 Å². The number of hydrogen-bond donors (Lipinski definition) is 1. The third-order valence-electron chi connectivity index (χ3n) is 4.18. The third-order valence-corrected chi connectivity index (χ3v) is 5.03. The van der Waals surface area contributed by atoms with Crippen LogP contribution in [0.5, 0.6) is 0 Å². The van der Waals surface area contributed by atoms with Gasteiger partial charge in [-0.3, -0.25) is 5.10 Å². The van der Waals surface area contributed by atoms with Crippen LogP contribution in [0.1, 0.15) is 18.3 Å². The molecule has 0 aliphatic heterocycles. The van der Waals surface area contributed by atoms with Crippen molar-refractivity contribution in [2.45, 2.75) is 24.3 Å². The zero-order valence-electron chi connectivity index (χ0n) is 14.5. The molecule has 2 aromatic carbocycles. The Labute approximate surface area is 156 Å². The molecule has 0 amide bonds. The minimum atomic E-state index is 0.702. The Morgan fingerprint density at radius 2 is 1.85 bits per heavy atom. The van der Waals surface area contributed by atoms with E-state index in [1.807, 2.05) is 30.6 Å². The average molecular weight is 361 g/mol. The molecule has 26 heavy (non-hydrogen) atoms. The maximum absolute atomic E-state index is 4.60. The Hall–Kier alpha value is -2.86. The molecule has 0 atom stereocenters. The van der Waals surface area contributed by atoms with Gasteiger partial charge in [-0.15, -0.1) is 5.10 Å². The lowest BCUT2D eigenvalue weighted by atomic mass is 10.1. The largest absolute Gasteiger partial charge is 0.303 e. The molecule has 1 N–H and O–H groups in total. The topological polar surface area (TPSA) is 59.4 Å². The number of nitrogens with zero attached hydrogens (tertiary/aromatic N) is 4. The van der Waals surface area contributed by atoms with Crippen LogP contribution in [-0.2, 0) is 12.2 Å². The maximum atomic E-state index is 4.60. The fourth-order valence-corrected chi connectivity index (χ4v) is 3.47. The van der Waals surface area contributed by atoms with Crippen LogP contribution < -0.4 is 0 Å². The summed E-state index contributed by atoms with van der Waals surface area (Å²) >= 11 is 1.57. The van der Waals surface area contributed by atoms with E-state index in [4.69, 9.17) is 0 Å². The first-order valence-electron chi connectivity index (χ1n) is 8.55. The summed E-state index contributed by atoms with van der Waals surface area (Å²) in [5, 5.41) is 8.08. The zero-order valence-corrected chi connectivity index (χ0v) is 15.3. The molecule has 6 heteroatoms. The second-order valence-corrected chi connectivity index (χ2v) is 6.80. The van der Waals surface area contributed by atoms with Crippen LogP contribution in [0, 0.1) is 0 Å². The van der Waals surface area contributed by atoms with Crippen LogP contribution in [0.4, 0.5) is 0 Å². The molecule has 2 heterocycles. The van der Waals surface area contributed by atoms with Crippen molar-refractivity contribution in [2.75, 3.05) is 0 Å². The molecule has 0 saturated heterocycles. The molecule has 4 rings (SSSR count). The van der Waals surface area contributed by atoms with Crippen molar-refractivity contribution in [1.29, 1.82) is 0 Å². The number of nitrogens with one attached hydrogen (secondary N) is 1. The lowest BCUT2D eigenvalue weighted by Crippen LogP contribution is -1.98.